The molecule has 0 bridgehead atoms. The molecule has 0 amide bonds. The van der Waals surface area contributed by atoms with Crippen LogP contribution >= 0.6 is 0 Å². The number of hydrogen-bond acceptors (Lipinski definition) is 2. The second-order valence-electron chi connectivity index (χ2n) is 5.21. The van der Waals surface area contributed by atoms with Crippen molar-refractivity contribution in [3.05, 3.63) is 69.3 Å². The highest BCUT2D eigenvalue weighted by molar-refractivity contribution is 6.29. The molecule has 0 radical (unpaired) electrons. The highest BCUT2D eigenvalue weighted by atomic mass is 16.1. The highest BCUT2D eigenvalue weighted by Gasteiger charge is 2.30. The second-order valence-corrected chi connectivity index (χ2v) is 5.21. The number of carbonyl (C=O) groups excluding carboxylic acids is 2. The maximum Gasteiger partial charge on any atom is 0.194 e. The molecule has 2 heteroatoms. The van der Waals surface area contributed by atoms with Crippen molar-refractivity contribution in [2.75, 3.05) is 0 Å². The Balaban J connectivity index is 2.36. The minimum absolute atomic E-state index is 0.0397. The van der Waals surface area contributed by atoms with Gasteiger partial charge in [-0.2, -0.15) is 0 Å². The summed E-state index contributed by atoms with van der Waals surface area (Å²) in [6.07, 6.45) is 0. The molecule has 0 aliphatic heterocycles. The van der Waals surface area contributed by atoms with Gasteiger partial charge in [0, 0.05) is 22.3 Å². The zero-order chi connectivity index (χ0) is 13.7. The molecule has 1 aliphatic carbocycles. The first kappa shape index (κ1) is 11.8. The van der Waals surface area contributed by atoms with Crippen molar-refractivity contribution in [1.82, 2.24) is 0 Å². The predicted molar refractivity (Wildman–Crippen MR) is 74.0 cm³/mol. The third kappa shape index (κ3) is 1.64. The number of ketones is 2. The van der Waals surface area contributed by atoms with E-state index in [2.05, 4.69) is 0 Å². The minimum atomic E-state index is -0.0416. The van der Waals surface area contributed by atoms with Crippen LogP contribution in [0.15, 0.2) is 30.3 Å². The summed E-state index contributed by atoms with van der Waals surface area (Å²) in [6, 6.07) is 9.19. The molecule has 1 aliphatic rings. The lowest BCUT2D eigenvalue weighted by molar-refractivity contribution is 0.0978. The van der Waals surface area contributed by atoms with Crippen molar-refractivity contribution in [2.45, 2.75) is 20.8 Å². The van der Waals surface area contributed by atoms with Gasteiger partial charge in [-0.25, -0.2) is 0 Å². The average Bonchev–Trinajstić information content (AvgIpc) is 2.35. The summed E-state index contributed by atoms with van der Waals surface area (Å²) in [5.74, 6) is -0.0813. The zero-order valence-electron chi connectivity index (χ0n) is 11.2. The van der Waals surface area contributed by atoms with Gasteiger partial charge < -0.3 is 0 Å². The maximum atomic E-state index is 12.6. The Bertz CT molecular complexity index is 739. The van der Waals surface area contributed by atoms with E-state index in [0.29, 0.717) is 22.3 Å². The third-order valence-electron chi connectivity index (χ3n) is 3.62. The van der Waals surface area contributed by atoms with E-state index < -0.39 is 0 Å². The summed E-state index contributed by atoms with van der Waals surface area (Å²) in [7, 11) is 0. The van der Waals surface area contributed by atoms with E-state index in [1.165, 1.54) is 0 Å². The van der Waals surface area contributed by atoms with Crippen LogP contribution in [0.2, 0.25) is 0 Å². The molecule has 0 unspecified atom stereocenters. The minimum Gasteiger partial charge on any atom is -0.289 e. The average molecular weight is 250 g/mol. The Labute approximate surface area is 112 Å². The van der Waals surface area contributed by atoms with Crippen LogP contribution in [-0.2, 0) is 0 Å². The van der Waals surface area contributed by atoms with Crippen LogP contribution < -0.4 is 0 Å². The zero-order valence-corrected chi connectivity index (χ0v) is 11.2. The molecule has 0 atom stereocenters. The van der Waals surface area contributed by atoms with Crippen LogP contribution in [-0.4, -0.2) is 11.6 Å². The second kappa shape index (κ2) is 3.89. The standard InChI is InChI=1S/C17H14O2/c1-9-4-5-12-13(7-9)16(18)14-8-10(2)6-11(3)15(14)17(12)19/h4-8H,1-3H3. The first-order chi connectivity index (χ1) is 8.99. The van der Waals surface area contributed by atoms with Gasteiger partial charge in [0.2, 0.25) is 0 Å². The molecule has 0 N–H and O–H groups in total. The summed E-state index contributed by atoms with van der Waals surface area (Å²) < 4.78 is 0. The SMILES string of the molecule is Cc1ccc2c(c1)C(=O)c1cc(C)cc(C)c1C2=O. The summed E-state index contributed by atoms with van der Waals surface area (Å²) in [5, 5.41) is 0. The fourth-order valence-corrected chi connectivity index (χ4v) is 2.77. The fraction of sp³-hybridized carbons (Fsp3) is 0.176. The van der Waals surface area contributed by atoms with Crippen LogP contribution in [0.5, 0.6) is 0 Å². The van der Waals surface area contributed by atoms with E-state index in [4.69, 9.17) is 0 Å². The molecular weight excluding hydrogens is 236 g/mol. The summed E-state index contributed by atoms with van der Waals surface area (Å²) >= 11 is 0. The van der Waals surface area contributed by atoms with E-state index in [-0.39, 0.29) is 11.6 Å². The van der Waals surface area contributed by atoms with Crippen LogP contribution in [0.1, 0.15) is 48.5 Å². The third-order valence-corrected chi connectivity index (χ3v) is 3.62. The predicted octanol–water partition coefficient (Wildman–Crippen LogP) is 3.39. The van der Waals surface area contributed by atoms with Gasteiger partial charge >= 0.3 is 0 Å². The van der Waals surface area contributed by atoms with Crippen LogP contribution in [0, 0.1) is 20.8 Å². The first-order valence-electron chi connectivity index (χ1n) is 6.30. The number of fused-ring (bicyclic) bond motifs is 2. The lowest BCUT2D eigenvalue weighted by Crippen LogP contribution is -2.22. The van der Waals surface area contributed by atoms with E-state index in [1.807, 2.05) is 39.0 Å². The topological polar surface area (TPSA) is 34.1 Å². The molecule has 3 rings (SSSR count). The summed E-state index contributed by atoms with van der Waals surface area (Å²) in [5.41, 5.74) is 5.03. The molecule has 2 aromatic carbocycles. The Hall–Kier alpha value is -2.22. The molecule has 94 valence electrons. The van der Waals surface area contributed by atoms with Crippen LogP contribution in [0.4, 0.5) is 0 Å². The number of hydrogen-bond donors (Lipinski definition) is 0. The van der Waals surface area contributed by atoms with Gasteiger partial charge in [-0.15, -0.1) is 0 Å². The van der Waals surface area contributed by atoms with Gasteiger partial charge in [-0.05, 0) is 38.5 Å². The number of aryl methyl sites for hydroxylation is 3. The largest absolute Gasteiger partial charge is 0.289 e. The lowest BCUT2D eigenvalue weighted by atomic mass is 9.81. The van der Waals surface area contributed by atoms with Crippen molar-refractivity contribution in [3.8, 4) is 0 Å². The normalized spacial score (nSPS) is 13.2. The van der Waals surface area contributed by atoms with Gasteiger partial charge in [0.25, 0.3) is 0 Å². The Morgan fingerprint density at radius 3 is 2.11 bits per heavy atom. The van der Waals surface area contributed by atoms with Gasteiger partial charge in [-0.1, -0.05) is 29.3 Å². The monoisotopic (exact) mass is 250 g/mol. The van der Waals surface area contributed by atoms with E-state index in [0.717, 1.165) is 16.7 Å². The van der Waals surface area contributed by atoms with Gasteiger partial charge in [-0.3, -0.25) is 9.59 Å². The van der Waals surface area contributed by atoms with E-state index >= 15 is 0 Å². The van der Waals surface area contributed by atoms with E-state index in [9.17, 15) is 9.59 Å². The molecule has 0 saturated heterocycles. The highest BCUT2D eigenvalue weighted by Crippen LogP contribution is 2.30. The molecule has 2 nitrogen and oxygen atoms in total. The van der Waals surface area contributed by atoms with Crippen molar-refractivity contribution in [1.29, 1.82) is 0 Å². The Morgan fingerprint density at radius 1 is 0.684 bits per heavy atom. The first-order valence-corrected chi connectivity index (χ1v) is 6.30. The number of carbonyl (C=O) groups is 2. The molecule has 0 spiro atoms. The van der Waals surface area contributed by atoms with Gasteiger partial charge in [0.1, 0.15) is 0 Å². The molecule has 19 heavy (non-hydrogen) atoms. The smallest absolute Gasteiger partial charge is 0.194 e. The summed E-state index contributed by atoms with van der Waals surface area (Å²) in [6.45, 7) is 5.75. The number of rotatable bonds is 0. The molecule has 0 saturated carbocycles. The quantitative estimate of drug-likeness (QED) is 0.613. The molecule has 0 aromatic heterocycles. The van der Waals surface area contributed by atoms with Crippen molar-refractivity contribution < 1.29 is 9.59 Å². The Morgan fingerprint density at radius 2 is 1.37 bits per heavy atom. The summed E-state index contributed by atoms with van der Waals surface area (Å²) in [4.78, 5) is 25.1. The van der Waals surface area contributed by atoms with Crippen LogP contribution in [0.3, 0.4) is 0 Å². The molecule has 2 aromatic rings. The number of benzene rings is 2. The van der Waals surface area contributed by atoms with Crippen molar-refractivity contribution in [3.63, 3.8) is 0 Å². The van der Waals surface area contributed by atoms with Crippen molar-refractivity contribution in [2.24, 2.45) is 0 Å². The lowest BCUT2D eigenvalue weighted by Gasteiger charge is -2.20. The molecular formula is C17H14O2. The van der Waals surface area contributed by atoms with Gasteiger partial charge in [0.05, 0.1) is 0 Å². The maximum absolute atomic E-state index is 12.6. The van der Waals surface area contributed by atoms with E-state index in [1.54, 1.807) is 12.1 Å². The Kier molecular flexibility index (Phi) is 2.42. The van der Waals surface area contributed by atoms with Crippen molar-refractivity contribution >= 4 is 11.6 Å². The van der Waals surface area contributed by atoms with Crippen LogP contribution in [0.25, 0.3) is 0 Å². The van der Waals surface area contributed by atoms with Gasteiger partial charge in [0.15, 0.2) is 11.6 Å². The molecule has 0 heterocycles. The fourth-order valence-electron chi connectivity index (χ4n) is 2.77. The molecule has 0 fully saturated rings.